The second-order valence-corrected chi connectivity index (χ2v) is 4.47. The van der Waals surface area contributed by atoms with Gasteiger partial charge in [0.2, 0.25) is 0 Å². The van der Waals surface area contributed by atoms with Crippen LogP contribution >= 0.6 is 15.9 Å². The molecule has 0 aliphatic heterocycles. The van der Waals surface area contributed by atoms with Gasteiger partial charge in [0.1, 0.15) is 11.6 Å². The minimum absolute atomic E-state index is 0.0370. The van der Waals surface area contributed by atoms with Crippen LogP contribution in [0.4, 0.5) is 10.2 Å². The topological polar surface area (TPSA) is 73.3 Å². The molecule has 0 bridgehead atoms. The van der Waals surface area contributed by atoms with Gasteiger partial charge in [-0.3, -0.25) is 4.68 Å². The van der Waals surface area contributed by atoms with E-state index in [1.165, 1.54) is 11.8 Å². The lowest BCUT2D eigenvalue weighted by molar-refractivity contribution is 0.371. The van der Waals surface area contributed by atoms with Crippen LogP contribution in [0.1, 0.15) is 0 Å². The SMILES string of the molecule is COc1cc(F)c(Br)c(-c2cc(N)n(C)n2)c1O. The van der Waals surface area contributed by atoms with Crippen molar-refractivity contribution in [2.24, 2.45) is 7.05 Å². The molecule has 0 amide bonds. The van der Waals surface area contributed by atoms with Gasteiger partial charge in [0.05, 0.1) is 22.8 Å². The number of rotatable bonds is 2. The number of nitrogen functional groups attached to an aromatic ring is 1. The maximum atomic E-state index is 13.7. The highest BCUT2D eigenvalue weighted by atomic mass is 79.9. The molecule has 2 aromatic rings. The predicted octanol–water partition coefficient (Wildman–Crippen LogP) is 2.29. The average molecular weight is 316 g/mol. The number of benzene rings is 1. The smallest absolute Gasteiger partial charge is 0.168 e. The van der Waals surface area contributed by atoms with Crippen LogP contribution in [0, 0.1) is 5.82 Å². The number of halogens is 2. The first-order valence-electron chi connectivity index (χ1n) is 5.00. The van der Waals surface area contributed by atoms with Crippen LogP contribution in [-0.2, 0) is 7.05 Å². The molecule has 18 heavy (non-hydrogen) atoms. The molecule has 2 rings (SSSR count). The summed E-state index contributed by atoms with van der Waals surface area (Å²) >= 11 is 3.08. The molecule has 0 spiro atoms. The van der Waals surface area contributed by atoms with Gasteiger partial charge in [-0.15, -0.1) is 0 Å². The third-order valence-electron chi connectivity index (χ3n) is 2.55. The minimum atomic E-state index is -0.552. The lowest BCUT2D eigenvalue weighted by Gasteiger charge is -2.10. The summed E-state index contributed by atoms with van der Waals surface area (Å²) < 4.78 is 20.1. The second-order valence-electron chi connectivity index (χ2n) is 3.68. The van der Waals surface area contributed by atoms with Crippen molar-refractivity contribution in [3.63, 3.8) is 0 Å². The third-order valence-corrected chi connectivity index (χ3v) is 3.32. The Hall–Kier alpha value is -1.76. The predicted molar refractivity (Wildman–Crippen MR) is 68.9 cm³/mol. The first kappa shape index (κ1) is 12.7. The Bertz CT molecular complexity index is 593. The van der Waals surface area contributed by atoms with Crippen LogP contribution in [0.5, 0.6) is 11.5 Å². The van der Waals surface area contributed by atoms with Crippen LogP contribution in [0.25, 0.3) is 11.3 Å². The van der Waals surface area contributed by atoms with E-state index in [-0.39, 0.29) is 21.5 Å². The van der Waals surface area contributed by atoms with Gasteiger partial charge in [-0.05, 0) is 15.9 Å². The number of methoxy groups -OCH3 is 1. The van der Waals surface area contributed by atoms with Crippen LogP contribution in [0.3, 0.4) is 0 Å². The highest BCUT2D eigenvalue weighted by Crippen LogP contribution is 2.43. The number of ether oxygens (including phenoxy) is 1. The van der Waals surface area contributed by atoms with Crippen LogP contribution in [0.15, 0.2) is 16.6 Å². The minimum Gasteiger partial charge on any atom is -0.504 e. The standard InChI is InChI=1S/C11H11BrFN3O2/c1-16-8(14)4-6(15-16)9-10(12)5(13)3-7(18-2)11(9)17/h3-4,17H,14H2,1-2H3. The molecule has 0 saturated carbocycles. The summed E-state index contributed by atoms with van der Waals surface area (Å²) in [7, 11) is 3.00. The number of aromatic hydroxyl groups is 1. The van der Waals surface area contributed by atoms with Crippen molar-refractivity contribution >= 4 is 21.7 Å². The number of aromatic nitrogens is 2. The number of hydrogen-bond donors (Lipinski definition) is 2. The van der Waals surface area contributed by atoms with Crippen molar-refractivity contribution in [1.29, 1.82) is 0 Å². The fraction of sp³-hybridized carbons (Fsp3) is 0.182. The monoisotopic (exact) mass is 315 g/mol. The van der Waals surface area contributed by atoms with Gasteiger partial charge in [0, 0.05) is 19.2 Å². The summed E-state index contributed by atoms with van der Waals surface area (Å²) in [6, 6.07) is 2.63. The second kappa shape index (κ2) is 4.49. The van der Waals surface area contributed by atoms with Crippen LogP contribution in [0.2, 0.25) is 0 Å². The van der Waals surface area contributed by atoms with E-state index in [1.54, 1.807) is 13.1 Å². The Morgan fingerprint density at radius 2 is 2.17 bits per heavy atom. The molecular formula is C11H11BrFN3O2. The quantitative estimate of drug-likeness (QED) is 0.891. The number of anilines is 1. The molecule has 7 heteroatoms. The van der Waals surface area contributed by atoms with E-state index in [2.05, 4.69) is 21.0 Å². The molecule has 0 aliphatic carbocycles. The van der Waals surface area contributed by atoms with E-state index in [0.29, 0.717) is 11.5 Å². The zero-order chi connectivity index (χ0) is 13.4. The summed E-state index contributed by atoms with van der Waals surface area (Å²) in [5.41, 5.74) is 6.23. The fourth-order valence-corrected chi connectivity index (χ4v) is 2.09. The Morgan fingerprint density at radius 3 is 2.67 bits per heavy atom. The summed E-state index contributed by atoms with van der Waals surface area (Å²) in [4.78, 5) is 0. The molecule has 0 radical (unpaired) electrons. The fourth-order valence-electron chi connectivity index (χ4n) is 1.59. The summed E-state index contributed by atoms with van der Waals surface area (Å²) in [5.74, 6) is -0.304. The molecule has 3 N–H and O–H groups in total. The molecular weight excluding hydrogens is 305 g/mol. The third kappa shape index (κ3) is 1.90. The van der Waals surface area contributed by atoms with E-state index in [1.807, 2.05) is 0 Å². The molecule has 0 atom stereocenters. The summed E-state index contributed by atoms with van der Waals surface area (Å²) in [6.07, 6.45) is 0. The van der Waals surface area contributed by atoms with Crippen molar-refractivity contribution in [3.05, 3.63) is 22.4 Å². The van der Waals surface area contributed by atoms with E-state index >= 15 is 0 Å². The number of nitrogens with zero attached hydrogens (tertiary/aromatic N) is 2. The largest absolute Gasteiger partial charge is 0.504 e. The zero-order valence-electron chi connectivity index (χ0n) is 9.74. The number of aryl methyl sites for hydroxylation is 1. The molecule has 5 nitrogen and oxygen atoms in total. The summed E-state index contributed by atoms with van der Waals surface area (Å²) in [5, 5.41) is 14.1. The van der Waals surface area contributed by atoms with Gasteiger partial charge in [0.25, 0.3) is 0 Å². The van der Waals surface area contributed by atoms with Crippen molar-refractivity contribution in [2.45, 2.75) is 0 Å². The Kier molecular flexibility index (Phi) is 3.16. The van der Waals surface area contributed by atoms with Crippen molar-refractivity contribution in [1.82, 2.24) is 9.78 Å². The average Bonchev–Trinajstić information content (AvgIpc) is 2.64. The first-order valence-corrected chi connectivity index (χ1v) is 5.79. The molecule has 0 fully saturated rings. The Labute approximate surface area is 111 Å². The molecule has 1 aromatic carbocycles. The normalized spacial score (nSPS) is 10.7. The van der Waals surface area contributed by atoms with Gasteiger partial charge in [-0.25, -0.2) is 4.39 Å². The van der Waals surface area contributed by atoms with Crippen LogP contribution in [-0.4, -0.2) is 22.0 Å². The number of phenolic OH excluding ortho intramolecular Hbond substituents is 1. The van der Waals surface area contributed by atoms with E-state index in [0.717, 1.165) is 6.07 Å². The van der Waals surface area contributed by atoms with E-state index < -0.39 is 5.82 Å². The van der Waals surface area contributed by atoms with Gasteiger partial charge in [-0.2, -0.15) is 5.10 Å². The van der Waals surface area contributed by atoms with Gasteiger partial charge in [0.15, 0.2) is 11.5 Å². The highest BCUT2D eigenvalue weighted by Gasteiger charge is 2.20. The molecule has 96 valence electrons. The maximum Gasteiger partial charge on any atom is 0.168 e. The lowest BCUT2D eigenvalue weighted by atomic mass is 10.1. The molecule has 1 aromatic heterocycles. The Balaban J connectivity index is 2.73. The molecule has 0 saturated heterocycles. The number of phenols is 1. The zero-order valence-corrected chi connectivity index (χ0v) is 11.3. The Morgan fingerprint density at radius 1 is 1.50 bits per heavy atom. The lowest BCUT2D eigenvalue weighted by Crippen LogP contribution is -1.97. The van der Waals surface area contributed by atoms with E-state index in [4.69, 9.17) is 10.5 Å². The molecule has 1 heterocycles. The van der Waals surface area contributed by atoms with Crippen molar-refractivity contribution in [2.75, 3.05) is 12.8 Å². The number of nitrogens with two attached hydrogens (primary N) is 1. The van der Waals surface area contributed by atoms with Gasteiger partial charge in [-0.1, -0.05) is 0 Å². The summed E-state index contributed by atoms with van der Waals surface area (Å²) in [6.45, 7) is 0. The van der Waals surface area contributed by atoms with Gasteiger partial charge < -0.3 is 15.6 Å². The first-order chi connectivity index (χ1) is 8.45. The maximum absolute atomic E-state index is 13.7. The number of hydrogen-bond acceptors (Lipinski definition) is 4. The van der Waals surface area contributed by atoms with E-state index in [9.17, 15) is 9.50 Å². The molecule has 0 aliphatic rings. The van der Waals surface area contributed by atoms with Crippen molar-refractivity contribution in [3.8, 4) is 22.8 Å². The van der Waals surface area contributed by atoms with Crippen LogP contribution < -0.4 is 10.5 Å². The highest BCUT2D eigenvalue weighted by molar-refractivity contribution is 9.10. The molecule has 0 unspecified atom stereocenters. The van der Waals surface area contributed by atoms with Crippen molar-refractivity contribution < 1.29 is 14.2 Å². The van der Waals surface area contributed by atoms with Gasteiger partial charge >= 0.3 is 0 Å².